The third-order valence-corrected chi connectivity index (χ3v) is 2.89. The molecule has 1 aromatic rings. The van der Waals surface area contributed by atoms with E-state index in [-0.39, 0.29) is 5.92 Å². The molecule has 3 heteroatoms. The lowest BCUT2D eigenvalue weighted by Crippen LogP contribution is -2.20. The summed E-state index contributed by atoms with van der Waals surface area (Å²) < 4.78 is 0. The monoisotopic (exact) mass is 234 g/mol. The fraction of sp³-hybridized carbons (Fsp3) is 0.500. The summed E-state index contributed by atoms with van der Waals surface area (Å²) in [5, 5.41) is 0. The van der Waals surface area contributed by atoms with E-state index in [4.69, 9.17) is 5.73 Å². The van der Waals surface area contributed by atoms with Crippen LogP contribution in [0.2, 0.25) is 0 Å². The molecule has 0 saturated carbocycles. The molecule has 0 heterocycles. The van der Waals surface area contributed by atoms with Gasteiger partial charge in [-0.2, -0.15) is 0 Å². The van der Waals surface area contributed by atoms with E-state index < -0.39 is 0 Å². The zero-order valence-corrected chi connectivity index (χ0v) is 10.9. The van der Waals surface area contributed by atoms with Gasteiger partial charge in [-0.05, 0) is 30.7 Å². The van der Waals surface area contributed by atoms with Gasteiger partial charge in [-0.1, -0.05) is 13.8 Å². The van der Waals surface area contributed by atoms with Gasteiger partial charge >= 0.3 is 0 Å². The summed E-state index contributed by atoms with van der Waals surface area (Å²) in [5.74, 6) is 0.493. The van der Waals surface area contributed by atoms with E-state index in [1.54, 1.807) is 0 Å². The highest BCUT2D eigenvalue weighted by molar-refractivity contribution is 5.80. The van der Waals surface area contributed by atoms with Crippen LogP contribution >= 0.6 is 0 Å². The van der Waals surface area contributed by atoms with Crippen molar-refractivity contribution in [2.45, 2.75) is 26.7 Å². The number of anilines is 2. The first-order chi connectivity index (χ1) is 8.00. The molecule has 0 aliphatic heterocycles. The molecule has 0 aromatic heterocycles. The number of ketones is 1. The molecule has 0 spiro atoms. The van der Waals surface area contributed by atoms with Crippen LogP contribution < -0.4 is 10.6 Å². The molecule has 0 aliphatic rings. The van der Waals surface area contributed by atoms with Crippen LogP contribution in [0.15, 0.2) is 24.3 Å². The van der Waals surface area contributed by atoms with Crippen molar-refractivity contribution in [2.75, 3.05) is 24.2 Å². The molecule has 0 radical (unpaired) electrons. The Morgan fingerprint density at radius 2 is 1.88 bits per heavy atom. The number of nitrogens with two attached hydrogens (primary N) is 1. The number of rotatable bonds is 6. The number of nitrogens with zero attached hydrogens (tertiary/aromatic N) is 1. The lowest BCUT2D eigenvalue weighted by molar-refractivity contribution is -0.121. The van der Waals surface area contributed by atoms with Gasteiger partial charge in [0.1, 0.15) is 5.78 Å². The average Bonchev–Trinajstić information content (AvgIpc) is 2.29. The molecule has 1 rings (SSSR count). The number of carbonyl (C=O) groups is 1. The second-order valence-corrected chi connectivity index (χ2v) is 4.74. The quantitative estimate of drug-likeness (QED) is 0.770. The van der Waals surface area contributed by atoms with Gasteiger partial charge in [0.25, 0.3) is 0 Å². The highest BCUT2D eigenvalue weighted by Crippen LogP contribution is 2.15. The maximum Gasteiger partial charge on any atom is 0.135 e. The van der Waals surface area contributed by atoms with E-state index in [2.05, 4.69) is 4.90 Å². The Labute approximate surface area is 104 Å². The number of benzene rings is 1. The first-order valence-corrected chi connectivity index (χ1v) is 6.10. The highest BCUT2D eigenvalue weighted by Gasteiger charge is 2.07. The molecule has 0 unspecified atom stereocenters. The lowest BCUT2D eigenvalue weighted by Gasteiger charge is -2.19. The Hall–Kier alpha value is -1.51. The second kappa shape index (κ2) is 6.28. The third-order valence-electron chi connectivity index (χ3n) is 2.89. The normalized spacial score (nSPS) is 10.6. The van der Waals surface area contributed by atoms with Gasteiger partial charge in [0.05, 0.1) is 0 Å². The fourth-order valence-electron chi connectivity index (χ4n) is 1.64. The summed E-state index contributed by atoms with van der Waals surface area (Å²) in [6.07, 6.45) is 1.56. The molecular formula is C14H22N2O. The summed E-state index contributed by atoms with van der Waals surface area (Å²) in [5.41, 5.74) is 7.55. The summed E-state index contributed by atoms with van der Waals surface area (Å²) in [6.45, 7) is 4.79. The van der Waals surface area contributed by atoms with E-state index in [1.807, 2.05) is 45.2 Å². The van der Waals surface area contributed by atoms with Gasteiger partial charge < -0.3 is 10.6 Å². The number of nitrogen functional groups attached to an aromatic ring is 1. The predicted octanol–water partition coefficient (Wildman–Crippen LogP) is 2.71. The van der Waals surface area contributed by atoms with Gasteiger partial charge in [-0.15, -0.1) is 0 Å². The topological polar surface area (TPSA) is 46.3 Å². The van der Waals surface area contributed by atoms with Crippen molar-refractivity contribution in [3.8, 4) is 0 Å². The Morgan fingerprint density at radius 3 is 2.41 bits per heavy atom. The van der Waals surface area contributed by atoms with Crippen LogP contribution in [0.1, 0.15) is 26.7 Å². The average molecular weight is 234 g/mol. The molecule has 2 N–H and O–H groups in total. The molecule has 0 fully saturated rings. The first-order valence-electron chi connectivity index (χ1n) is 6.10. The van der Waals surface area contributed by atoms with Crippen LogP contribution in [0.25, 0.3) is 0 Å². The number of hydrogen-bond donors (Lipinski definition) is 1. The number of Topliss-reactive ketones (excluding diaryl/α,β-unsaturated/α-hetero) is 1. The smallest absolute Gasteiger partial charge is 0.135 e. The van der Waals surface area contributed by atoms with Crippen LogP contribution in [0.5, 0.6) is 0 Å². The SMILES string of the molecule is CC(C)C(=O)CCCN(C)c1ccc(N)cc1. The van der Waals surface area contributed by atoms with Crippen LogP contribution in [-0.2, 0) is 4.79 Å². The highest BCUT2D eigenvalue weighted by atomic mass is 16.1. The lowest BCUT2D eigenvalue weighted by atomic mass is 10.0. The van der Waals surface area contributed by atoms with E-state index in [0.29, 0.717) is 12.2 Å². The summed E-state index contributed by atoms with van der Waals surface area (Å²) in [4.78, 5) is 13.6. The van der Waals surface area contributed by atoms with E-state index in [1.165, 1.54) is 0 Å². The molecule has 0 aliphatic carbocycles. The molecular weight excluding hydrogens is 212 g/mol. The van der Waals surface area contributed by atoms with Crippen LogP contribution in [0.4, 0.5) is 11.4 Å². The maximum absolute atomic E-state index is 11.5. The molecule has 17 heavy (non-hydrogen) atoms. The minimum atomic E-state index is 0.150. The van der Waals surface area contributed by atoms with Gasteiger partial charge in [0.15, 0.2) is 0 Å². The molecule has 1 aromatic carbocycles. The number of carbonyl (C=O) groups excluding carboxylic acids is 1. The Balaban J connectivity index is 2.37. The number of hydrogen-bond acceptors (Lipinski definition) is 3. The molecule has 0 saturated heterocycles. The molecule has 0 atom stereocenters. The van der Waals surface area contributed by atoms with Crippen molar-refractivity contribution in [2.24, 2.45) is 5.92 Å². The van der Waals surface area contributed by atoms with Gasteiger partial charge in [-0.3, -0.25) is 4.79 Å². The van der Waals surface area contributed by atoms with E-state index >= 15 is 0 Å². The fourth-order valence-corrected chi connectivity index (χ4v) is 1.64. The van der Waals surface area contributed by atoms with Crippen LogP contribution in [-0.4, -0.2) is 19.4 Å². The second-order valence-electron chi connectivity index (χ2n) is 4.74. The zero-order chi connectivity index (χ0) is 12.8. The van der Waals surface area contributed by atoms with E-state index in [0.717, 1.165) is 24.3 Å². The Bertz CT molecular complexity index is 357. The van der Waals surface area contributed by atoms with Crippen molar-refractivity contribution >= 4 is 17.2 Å². The Morgan fingerprint density at radius 1 is 1.29 bits per heavy atom. The van der Waals surface area contributed by atoms with Crippen molar-refractivity contribution in [1.29, 1.82) is 0 Å². The zero-order valence-electron chi connectivity index (χ0n) is 10.9. The third kappa shape index (κ3) is 4.47. The van der Waals surface area contributed by atoms with Crippen LogP contribution in [0, 0.1) is 5.92 Å². The minimum Gasteiger partial charge on any atom is -0.399 e. The van der Waals surface area contributed by atoms with Crippen molar-refractivity contribution in [3.05, 3.63) is 24.3 Å². The molecule has 3 nitrogen and oxygen atoms in total. The van der Waals surface area contributed by atoms with Gasteiger partial charge in [0, 0.05) is 37.3 Å². The minimum absolute atomic E-state index is 0.150. The molecule has 0 bridgehead atoms. The Kier molecular flexibility index (Phi) is 5.01. The van der Waals surface area contributed by atoms with Crippen LogP contribution in [0.3, 0.4) is 0 Å². The van der Waals surface area contributed by atoms with Gasteiger partial charge in [-0.25, -0.2) is 0 Å². The maximum atomic E-state index is 11.5. The first kappa shape index (κ1) is 13.6. The summed E-state index contributed by atoms with van der Waals surface area (Å²) in [7, 11) is 2.03. The van der Waals surface area contributed by atoms with E-state index in [9.17, 15) is 4.79 Å². The summed E-state index contributed by atoms with van der Waals surface area (Å²) >= 11 is 0. The summed E-state index contributed by atoms with van der Waals surface area (Å²) in [6, 6.07) is 7.79. The van der Waals surface area contributed by atoms with Crippen molar-refractivity contribution in [1.82, 2.24) is 0 Å². The standard InChI is InChI=1S/C14H22N2O/c1-11(2)14(17)5-4-10-16(3)13-8-6-12(15)7-9-13/h6-9,11H,4-5,10,15H2,1-3H3. The van der Waals surface area contributed by atoms with Crippen molar-refractivity contribution < 1.29 is 4.79 Å². The predicted molar refractivity (Wildman–Crippen MR) is 73.2 cm³/mol. The largest absolute Gasteiger partial charge is 0.399 e. The van der Waals surface area contributed by atoms with Crippen molar-refractivity contribution in [3.63, 3.8) is 0 Å². The van der Waals surface area contributed by atoms with Gasteiger partial charge in [0.2, 0.25) is 0 Å². The molecule has 0 amide bonds. The molecule has 94 valence electrons.